The minimum atomic E-state index is -0.203. The first-order valence-electron chi connectivity index (χ1n) is 5.61. The van der Waals surface area contributed by atoms with Crippen molar-refractivity contribution in [2.75, 3.05) is 0 Å². The van der Waals surface area contributed by atoms with E-state index in [4.69, 9.17) is 4.74 Å². The predicted octanol–water partition coefficient (Wildman–Crippen LogP) is 2.78. The molecule has 1 saturated heterocycles. The number of hydrogen-bond acceptors (Lipinski definition) is 2. The van der Waals surface area contributed by atoms with E-state index in [1.165, 1.54) is 6.42 Å². The fourth-order valence-electron chi connectivity index (χ4n) is 3.92. The van der Waals surface area contributed by atoms with Crippen molar-refractivity contribution in [1.82, 2.24) is 0 Å². The molecular weight excluding hydrogens is 336 g/mol. The Morgan fingerprint density at radius 3 is 2.44 bits per heavy atom. The maximum atomic E-state index is 12.1. The number of ketones is 1. The number of carbonyl (C=O) groups is 1. The second kappa shape index (κ2) is 3.09. The maximum Gasteiger partial charge on any atom is 0.199 e. The van der Waals surface area contributed by atoms with Crippen LogP contribution in [-0.4, -0.2) is 18.0 Å². The quantitative estimate of drug-likeness (QED) is 0.631. The van der Waals surface area contributed by atoms with Crippen LogP contribution in [0, 0.1) is 23.7 Å². The van der Waals surface area contributed by atoms with E-state index in [1.807, 2.05) is 0 Å². The van der Waals surface area contributed by atoms with E-state index >= 15 is 0 Å². The highest BCUT2D eigenvalue weighted by atomic mass is 79.9. The van der Waals surface area contributed by atoms with Crippen molar-refractivity contribution in [3.63, 3.8) is 0 Å². The maximum absolute atomic E-state index is 12.1. The lowest BCUT2D eigenvalue weighted by Gasteiger charge is -2.24. The van der Waals surface area contributed by atoms with Crippen LogP contribution in [0.4, 0.5) is 0 Å². The molecule has 2 nitrogen and oxygen atoms in total. The standard InChI is InChI=1S/C12H10Br2O2/c13-8-9(14)11-6-4-1-2-5(3-4)7(6)12(16-11)10(8)15/h1-2,4-7,11-12H,3H2/t4-,5+,6-,7+,11-,12+/m1/s1. The lowest BCUT2D eigenvalue weighted by atomic mass is 9.80. The lowest BCUT2D eigenvalue weighted by molar-refractivity contribution is -0.128. The molecule has 0 N–H and O–H groups in total. The fraction of sp³-hybridized carbons (Fsp3) is 0.583. The van der Waals surface area contributed by atoms with Crippen LogP contribution >= 0.6 is 31.9 Å². The van der Waals surface area contributed by atoms with Crippen molar-refractivity contribution >= 4 is 37.6 Å². The molecule has 1 saturated carbocycles. The zero-order chi connectivity index (χ0) is 11.0. The zero-order valence-corrected chi connectivity index (χ0v) is 11.6. The monoisotopic (exact) mass is 344 g/mol. The lowest BCUT2D eigenvalue weighted by Crippen LogP contribution is -2.32. The van der Waals surface area contributed by atoms with E-state index in [2.05, 4.69) is 44.0 Å². The SMILES string of the molecule is O=C1C(Br)=C(Br)[C@@H]2O[C@H]1[C@@H]1[C@H]2[C@@H]2C=C[C@H]1C2. The molecule has 2 aliphatic carbocycles. The first kappa shape index (κ1) is 10.0. The van der Waals surface area contributed by atoms with Crippen molar-refractivity contribution in [3.8, 4) is 0 Å². The third-order valence-electron chi connectivity index (χ3n) is 4.51. The molecule has 84 valence electrons. The van der Waals surface area contributed by atoms with E-state index in [1.54, 1.807) is 0 Å². The van der Waals surface area contributed by atoms with Gasteiger partial charge in [0.2, 0.25) is 0 Å². The molecule has 0 amide bonds. The van der Waals surface area contributed by atoms with Crippen LogP contribution < -0.4 is 0 Å². The van der Waals surface area contributed by atoms with Gasteiger partial charge >= 0.3 is 0 Å². The van der Waals surface area contributed by atoms with E-state index in [9.17, 15) is 4.79 Å². The predicted molar refractivity (Wildman–Crippen MR) is 66.3 cm³/mol. The normalized spacial score (nSPS) is 52.8. The zero-order valence-electron chi connectivity index (χ0n) is 8.40. The Morgan fingerprint density at radius 2 is 1.75 bits per heavy atom. The van der Waals surface area contributed by atoms with Gasteiger partial charge in [-0.1, -0.05) is 28.1 Å². The van der Waals surface area contributed by atoms with Crippen molar-refractivity contribution in [2.45, 2.75) is 18.6 Å². The third kappa shape index (κ3) is 0.998. The van der Waals surface area contributed by atoms with Gasteiger partial charge in [-0.15, -0.1) is 0 Å². The van der Waals surface area contributed by atoms with Gasteiger partial charge in [0.25, 0.3) is 0 Å². The van der Waals surface area contributed by atoms with Gasteiger partial charge in [-0.3, -0.25) is 4.79 Å². The molecule has 2 fully saturated rings. The second-order valence-electron chi connectivity index (χ2n) is 5.11. The minimum absolute atomic E-state index is 0.0991. The number of rotatable bonds is 0. The van der Waals surface area contributed by atoms with Gasteiger partial charge in [0.1, 0.15) is 6.10 Å². The summed E-state index contributed by atoms with van der Waals surface area (Å²) in [6.07, 6.45) is 5.71. The Hall–Kier alpha value is 0.0700. The molecule has 2 heterocycles. The molecule has 4 bridgehead atoms. The van der Waals surface area contributed by atoms with Crippen molar-refractivity contribution in [1.29, 1.82) is 0 Å². The van der Waals surface area contributed by atoms with E-state index < -0.39 is 0 Å². The highest BCUT2D eigenvalue weighted by molar-refractivity contribution is 9.14. The number of allylic oxidation sites excluding steroid dienone is 2. The first-order chi connectivity index (χ1) is 7.68. The molecule has 2 aliphatic heterocycles. The molecule has 0 aromatic rings. The molecular formula is C12H10Br2O2. The van der Waals surface area contributed by atoms with Gasteiger partial charge in [-0.2, -0.15) is 0 Å². The minimum Gasteiger partial charge on any atom is -0.361 e. The molecule has 4 aliphatic rings. The van der Waals surface area contributed by atoms with Crippen molar-refractivity contribution < 1.29 is 9.53 Å². The van der Waals surface area contributed by atoms with Gasteiger partial charge in [0.15, 0.2) is 5.78 Å². The summed E-state index contributed by atoms with van der Waals surface area (Å²) in [7, 11) is 0. The van der Waals surface area contributed by atoms with Crippen LogP contribution in [0.2, 0.25) is 0 Å². The average Bonchev–Trinajstić information content (AvgIpc) is 2.93. The molecule has 16 heavy (non-hydrogen) atoms. The van der Waals surface area contributed by atoms with Gasteiger partial charge in [-0.25, -0.2) is 0 Å². The van der Waals surface area contributed by atoms with Crippen LogP contribution in [0.1, 0.15) is 6.42 Å². The third-order valence-corrected chi connectivity index (χ3v) is 6.71. The molecule has 0 unspecified atom stereocenters. The number of carbonyl (C=O) groups excluding carboxylic acids is 1. The number of halogens is 2. The second-order valence-corrected chi connectivity index (χ2v) is 6.75. The first-order valence-corrected chi connectivity index (χ1v) is 7.20. The van der Waals surface area contributed by atoms with Crippen LogP contribution in [0.25, 0.3) is 0 Å². The number of ether oxygens (including phenoxy) is 1. The van der Waals surface area contributed by atoms with E-state index in [0.29, 0.717) is 28.2 Å². The topological polar surface area (TPSA) is 26.3 Å². The summed E-state index contributed by atoms with van der Waals surface area (Å²) in [6.45, 7) is 0. The molecule has 0 aromatic heterocycles. The Morgan fingerprint density at radius 1 is 1.12 bits per heavy atom. The summed E-state index contributed by atoms with van der Waals surface area (Å²) < 4.78 is 7.53. The number of Topliss-reactive ketones (excluding diaryl/α,β-unsaturated/α-hetero) is 1. The molecule has 0 radical (unpaired) electrons. The van der Waals surface area contributed by atoms with E-state index in [0.717, 1.165) is 4.48 Å². The molecule has 0 spiro atoms. The molecule has 4 rings (SSSR count). The van der Waals surface area contributed by atoms with Gasteiger partial charge in [0.05, 0.1) is 10.6 Å². The van der Waals surface area contributed by atoms with E-state index in [-0.39, 0.29) is 18.0 Å². The van der Waals surface area contributed by atoms with Crippen LogP contribution in [0.3, 0.4) is 0 Å². The van der Waals surface area contributed by atoms with Crippen LogP contribution in [0.5, 0.6) is 0 Å². The summed E-state index contributed by atoms with van der Waals surface area (Å²) in [5.74, 6) is 2.22. The highest BCUT2D eigenvalue weighted by Crippen LogP contribution is 2.60. The van der Waals surface area contributed by atoms with Crippen molar-refractivity contribution in [2.24, 2.45) is 23.7 Å². The smallest absolute Gasteiger partial charge is 0.199 e. The Kier molecular flexibility index (Phi) is 1.94. The Labute approximate surface area is 110 Å². The van der Waals surface area contributed by atoms with Gasteiger partial charge < -0.3 is 4.74 Å². The molecule has 6 atom stereocenters. The summed E-state index contributed by atoms with van der Waals surface area (Å²) in [5, 5.41) is 0. The molecule has 4 heteroatoms. The van der Waals surface area contributed by atoms with Gasteiger partial charge in [0, 0.05) is 16.3 Å². The largest absolute Gasteiger partial charge is 0.361 e. The number of hydrogen-bond donors (Lipinski definition) is 0. The summed E-state index contributed by atoms with van der Waals surface area (Å²) in [6, 6.07) is 0. The number of fused-ring (bicyclic) bond motifs is 9. The average molecular weight is 346 g/mol. The molecule has 0 aromatic carbocycles. The highest BCUT2D eigenvalue weighted by Gasteiger charge is 2.61. The summed E-state index contributed by atoms with van der Waals surface area (Å²) in [4.78, 5) is 12.1. The van der Waals surface area contributed by atoms with Crippen LogP contribution in [-0.2, 0) is 9.53 Å². The summed E-state index contributed by atoms with van der Waals surface area (Å²) >= 11 is 6.91. The summed E-state index contributed by atoms with van der Waals surface area (Å²) in [5.41, 5.74) is 0. The van der Waals surface area contributed by atoms with Crippen LogP contribution in [0.15, 0.2) is 21.1 Å². The van der Waals surface area contributed by atoms with Crippen molar-refractivity contribution in [3.05, 3.63) is 21.1 Å². The van der Waals surface area contributed by atoms with Gasteiger partial charge in [-0.05, 0) is 34.2 Å². The fourth-order valence-corrected chi connectivity index (χ4v) is 4.98. The Balaban J connectivity index is 1.86. The Bertz CT molecular complexity index is 454.